The lowest BCUT2D eigenvalue weighted by Gasteiger charge is -2.11. The normalized spacial score (nSPS) is 13.4. The molecule has 0 unspecified atom stereocenters. The molecular formula is C12H18O4S. The van der Waals surface area contributed by atoms with Crippen LogP contribution in [-0.4, -0.2) is 32.1 Å². The van der Waals surface area contributed by atoms with Crippen molar-refractivity contribution in [2.75, 3.05) is 18.6 Å². The molecule has 0 spiro atoms. The molecule has 0 saturated carbocycles. The Bertz CT molecular complexity index is 477. The molecule has 1 N–H and O–H groups in total. The SMILES string of the molecule is Cc1cc([C@@H](C)O)ccc1OCCS(C)(=O)=O. The van der Waals surface area contributed by atoms with Crippen LogP contribution in [0.3, 0.4) is 0 Å². The van der Waals surface area contributed by atoms with Crippen LogP contribution >= 0.6 is 0 Å². The number of rotatable bonds is 5. The van der Waals surface area contributed by atoms with Crippen molar-refractivity contribution in [2.45, 2.75) is 20.0 Å². The number of sulfone groups is 1. The predicted octanol–water partition coefficient (Wildman–Crippen LogP) is 1.47. The van der Waals surface area contributed by atoms with Crippen LogP contribution in [0.4, 0.5) is 0 Å². The highest BCUT2D eigenvalue weighted by molar-refractivity contribution is 7.90. The van der Waals surface area contributed by atoms with Gasteiger partial charge in [-0.25, -0.2) is 8.42 Å². The molecule has 0 radical (unpaired) electrons. The summed E-state index contributed by atoms with van der Waals surface area (Å²) in [5.74, 6) is 0.656. The van der Waals surface area contributed by atoms with E-state index in [4.69, 9.17) is 4.74 Å². The van der Waals surface area contributed by atoms with Crippen LogP contribution in [0.15, 0.2) is 18.2 Å². The maximum absolute atomic E-state index is 10.9. The first-order valence-electron chi connectivity index (χ1n) is 5.39. The number of aliphatic hydroxyl groups is 1. The minimum Gasteiger partial charge on any atom is -0.492 e. The molecular weight excluding hydrogens is 240 g/mol. The Balaban J connectivity index is 2.67. The maximum atomic E-state index is 10.9. The van der Waals surface area contributed by atoms with E-state index in [0.717, 1.165) is 11.1 Å². The topological polar surface area (TPSA) is 63.6 Å². The number of ether oxygens (including phenoxy) is 1. The van der Waals surface area contributed by atoms with Gasteiger partial charge in [0.15, 0.2) is 9.84 Å². The summed E-state index contributed by atoms with van der Waals surface area (Å²) in [7, 11) is -2.99. The molecule has 0 aliphatic carbocycles. The van der Waals surface area contributed by atoms with Gasteiger partial charge in [0.05, 0.1) is 11.9 Å². The molecule has 0 bridgehead atoms. The van der Waals surface area contributed by atoms with E-state index in [1.165, 1.54) is 6.26 Å². The quantitative estimate of drug-likeness (QED) is 0.868. The zero-order valence-corrected chi connectivity index (χ0v) is 11.1. The average molecular weight is 258 g/mol. The summed E-state index contributed by atoms with van der Waals surface area (Å²) in [4.78, 5) is 0. The van der Waals surface area contributed by atoms with E-state index in [0.29, 0.717) is 5.75 Å². The van der Waals surface area contributed by atoms with Gasteiger partial charge in [0.25, 0.3) is 0 Å². The Labute approximate surface area is 102 Å². The van der Waals surface area contributed by atoms with Crippen LogP contribution in [0, 0.1) is 6.92 Å². The van der Waals surface area contributed by atoms with Gasteiger partial charge in [-0.15, -0.1) is 0 Å². The highest BCUT2D eigenvalue weighted by Crippen LogP contribution is 2.22. The average Bonchev–Trinajstić information content (AvgIpc) is 2.18. The zero-order valence-electron chi connectivity index (χ0n) is 10.3. The molecule has 17 heavy (non-hydrogen) atoms. The van der Waals surface area contributed by atoms with Crippen molar-refractivity contribution in [3.05, 3.63) is 29.3 Å². The van der Waals surface area contributed by atoms with Gasteiger partial charge in [0, 0.05) is 6.26 Å². The lowest BCUT2D eigenvalue weighted by atomic mass is 10.1. The van der Waals surface area contributed by atoms with E-state index in [2.05, 4.69) is 0 Å². The third-order valence-electron chi connectivity index (χ3n) is 2.39. The fraction of sp³-hybridized carbons (Fsp3) is 0.500. The summed E-state index contributed by atoms with van der Waals surface area (Å²) in [5, 5.41) is 9.40. The second-order valence-corrected chi connectivity index (χ2v) is 6.44. The lowest BCUT2D eigenvalue weighted by Crippen LogP contribution is -2.12. The number of benzene rings is 1. The van der Waals surface area contributed by atoms with E-state index in [1.807, 2.05) is 13.0 Å². The zero-order chi connectivity index (χ0) is 13.1. The first-order chi connectivity index (χ1) is 7.79. The van der Waals surface area contributed by atoms with Crippen LogP contribution in [0.5, 0.6) is 5.75 Å². The summed E-state index contributed by atoms with van der Waals surface area (Å²) in [5.41, 5.74) is 1.70. The molecule has 1 rings (SSSR count). The number of aryl methyl sites for hydroxylation is 1. The van der Waals surface area contributed by atoms with Gasteiger partial charge >= 0.3 is 0 Å². The minimum atomic E-state index is -2.99. The lowest BCUT2D eigenvalue weighted by molar-refractivity contribution is 0.199. The molecule has 0 aliphatic heterocycles. The molecule has 5 heteroatoms. The Kier molecular flexibility index (Phi) is 4.54. The van der Waals surface area contributed by atoms with E-state index >= 15 is 0 Å². The number of hydrogen-bond acceptors (Lipinski definition) is 4. The summed E-state index contributed by atoms with van der Waals surface area (Å²) in [6.07, 6.45) is 0.665. The minimum absolute atomic E-state index is 0.00456. The monoisotopic (exact) mass is 258 g/mol. The molecule has 0 saturated heterocycles. The fourth-order valence-electron chi connectivity index (χ4n) is 1.40. The highest BCUT2D eigenvalue weighted by Gasteiger charge is 2.07. The molecule has 0 amide bonds. The van der Waals surface area contributed by atoms with Crippen molar-refractivity contribution in [1.82, 2.24) is 0 Å². The molecule has 0 aliphatic rings. The van der Waals surface area contributed by atoms with Crippen molar-refractivity contribution < 1.29 is 18.3 Å². The Morgan fingerprint density at radius 2 is 2.06 bits per heavy atom. The Hall–Kier alpha value is -1.07. The molecule has 1 atom stereocenters. The first kappa shape index (κ1) is 14.0. The van der Waals surface area contributed by atoms with Crippen molar-refractivity contribution in [3.8, 4) is 5.75 Å². The second-order valence-electron chi connectivity index (χ2n) is 4.18. The number of aliphatic hydroxyl groups excluding tert-OH is 1. The van der Waals surface area contributed by atoms with Crippen LogP contribution in [0.1, 0.15) is 24.2 Å². The Morgan fingerprint density at radius 3 is 2.53 bits per heavy atom. The van der Waals surface area contributed by atoms with Crippen LogP contribution in [-0.2, 0) is 9.84 Å². The van der Waals surface area contributed by atoms with Gasteiger partial charge in [-0.2, -0.15) is 0 Å². The highest BCUT2D eigenvalue weighted by atomic mass is 32.2. The van der Waals surface area contributed by atoms with Crippen LogP contribution < -0.4 is 4.74 Å². The third-order valence-corrected chi connectivity index (χ3v) is 3.30. The van der Waals surface area contributed by atoms with Crippen LogP contribution in [0.25, 0.3) is 0 Å². The molecule has 0 heterocycles. The predicted molar refractivity (Wildman–Crippen MR) is 67.0 cm³/mol. The van der Waals surface area contributed by atoms with Gasteiger partial charge in [-0.05, 0) is 37.1 Å². The number of hydrogen-bond donors (Lipinski definition) is 1. The van der Waals surface area contributed by atoms with E-state index in [-0.39, 0.29) is 12.4 Å². The van der Waals surface area contributed by atoms with Gasteiger partial charge in [0.2, 0.25) is 0 Å². The summed E-state index contributed by atoms with van der Waals surface area (Å²) in [6.45, 7) is 3.70. The van der Waals surface area contributed by atoms with Gasteiger partial charge in [-0.3, -0.25) is 0 Å². The Morgan fingerprint density at radius 1 is 1.41 bits per heavy atom. The van der Waals surface area contributed by atoms with Gasteiger partial charge < -0.3 is 9.84 Å². The van der Waals surface area contributed by atoms with Crippen LogP contribution in [0.2, 0.25) is 0 Å². The van der Waals surface area contributed by atoms with Gasteiger partial charge in [-0.1, -0.05) is 6.07 Å². The first-order valence-corrected chi connectivity index (χ1v) is 7.45. The second kappa shape index (κ2) is 5.51. The molecule has 0 aromatic heterocycles. The van der Waals surface area contributed by atoms with E-state index in [9.17, 15) is 13.5 Å². The van der Waals surface area contributed by atoms with E-state index < -0.39 is 15.9 Å². The van der Waals surface area contributed by atoms with Crippen molar-refractivity contribution >= 4 is 9.84 Å². The summed E-state index contributed by atoms with van der Waals surface area (Å²) < 4.78 is 27.3. The standard InChI is InChI=1S/C12H18O4S/c1-9-8-11(10(2)13)4-5-12(9)16-6-7-17(3,14)15/h4-5,8,10,13H,6-7H2,1-3H3/t10-/m1/s1. The van der Waals surface area contributed by atoms with Crippen molar-refractivity contribution in [1.29, 1.82) is 0 Å². The fourth-order valence-corrected chi connectivity index (χ4v) is 1.78. The molecule has 4 nitrogen and oxygen atoms in total. The summed E-state index contributed by atoms with van der Waals surface area (Å²) in [6, 6.07) is 5.35. The molecule has 0 fully saturated rings. The smallest absolute Gasteiger partial charge is 0.150 e. The van der Waals surface area contributed by atoms with Crippen molar-refractivity contribution in [2.24, 2.45) is 0 Å². The molecule has 1 aromatic carbocycles. The largest absolute Gasteiger partial charge is 0.492 e. The summed E-state index contributed by atoms with van der Waals surface area (Å²) >= 11 is 0. The van der Waals surface area contributed by atoms with Gasteiger partial charge in [0.1, 0.15) is 12.4 Å². The molecule has 96 valence electrons. The third kappa shape index (κ3) is 4.75. The van der Waals surface area contributed by atoms with Crippen molar-refractivity contribution in [3.63, 3.8) is 0 Å². The van der Waals surface area contributed by atoms with E-state index in [1.54, 1.807) is 19.1 Å². The molecule has 1 aromatic rings. The maximum Gasteiger partial charge on any atom is 0.150 e.